The minimum Gasteiger partial charge on any atom is -0.329 e. The number of amides is 1. The number of piperidine rings is 1. The third kappa shape index (κ3) is 5.84. The lowest BCUT2D eigenvalue weighted by Gasteiger charge is -2.37. The molecule has 1 atom stereocenters. The van der Waals surface area contributed by atoms with Gasteiger partial charge in [-0.25, -0.2) is 4.39 Å². The highest BCUT2D eigenvalue weighted by Crippen LogP contribution is 2.30. The summed E-state index contributed by atoms with van der Waals surface area (Å²) < 4.78 is 56.5. The van der Waals surface area contributed by atoms with Gasteiger partial charge in [0, 0.05) is 30.0 Å². The van der Waals surface area contributed by atoms with Crippen molar-refractivity contribution in [2.24, 2.45) is 5.92 Å². The number of anilines is 1. The van der Waals surface area contributed by atoms with Crippen molar-refractivity contribution in [2.45, 2.75) is 45.5 Å². The lowest BCUT2D eigenvalue weighted by atomic mass is 9.95. The normalized spacial score (nSPS) is 17.1. The molecule has 3 heterocycles. The summed E-state index contributed by atoms with van der Waals surface area (Å²) in [6.45, 7) is 5.79. The average Bonchev–Trinajstić information content (AvgIpc) is 3.34. The van der Waals surface area contributed by atoms with Crippen LogP contribution in [0.15, 0.2) is 47.1 Å². The van der Waals surface area contributed by atoms with E-state index in [1.54, 1.807) is 12.1 Å². The van der Waals surface area contributed by atoms with Crippen LogP contribution in [0.5, 0.6) is 0 Å². The molecule has 0 bridgehead atoms. The molecule has 1 aliphatic rings. The first kappa shape index (κ1) is 24.8. The van der Waals surface area contributed by atoms with Crippen LogP contribution in [0.4, 0.5) is 23.2 Å². The zero-order chi connectivity index (χ0) is 25.2. The van der Waals surface area contributed by atoms with Crippen LogP contribution in [-0.2, 0) is 17.5 Å². The maximum atomic E-state index is 14.0. The minimum absolute atomic E-state index is 0.0702. The standard InChI is InChI=1S/C24H25F4N5O2/c1-15(2)32-10-4-5-17(13-32)22(34)33(20-7-3-6-18(25)11-20)14-19-9-8-16(12-29-19)21-30-23(35-31-21)24(26,27)28/h3,6-9,11-12,15,17H,4-5,10,13-14H2,1-2H3. The third-order valence-corrected chi connectivity index (χ3v) is 5.99. The molecular formula is C24H25F4N5O2. The summed E-state index contributed by atoms with van der Waals surface area (Å²) in [7, 11) is 0. The van der Waals surface area contributed by atoms with Gasteiger partial charge >= 0.3 is 12.1 Å². The fourth-order valence-corrected chi connectivity index (χ4v) is 4.11. The monoisotopic (exact) mass is 491 g/mol. The molecule has 186 valence electrons. The van der Waals surface area contributed by atoms with Crippen LogP contribution >= 0.6 is 0 Å². The number of aromatic nitrogens is 3. The Bertz CT molecular complexity index is 1160. The highest BCUT2D eigenvalue weighted by Gasteiger charge is 2.38. The quantitative estimate of drug-likeness (QED) is 0.455. The van der Waals surface area contributed by atoms with E-state index < -0.39 is 17.9 Å². The number of alkyl halides is 3. The number of benzene rings is 1. The van der Waals surface area contributed by atoms with Crippen LogP contribution < -0.4 is 4.90 Å². The van der Waals surface area contributed by atoms with Crippen molar-refractivity contribution in [1.82, 2.24) is 20.0 Å². The Labute approximate surface area is 199 Å². The first-order valence-electron chi connectivity index (χ1n) is 11.3. The molecule has 35 heavy (non-hydrogen) atoms. The van der Waals surface area contributed by atoms with Gasteiger partial charge in [0.05, 0.1) is 18.2 Å². The van der Waals surface area contributed by atoms with Gasteiger partial charge in [0.25, 0.3) is 0 Å². The number of carbonyl (C=O) groups excluding carboxylic acids is 1. The van der Waals surface area contributed by atoms with E-state index >= 15 is 0 Å². The van der Waals surface area contributed by atoms with Crippen molar-refractivity contribution < 1.29 is 26.9 Å². The molecule has 0 saturated carbocycles. The molecule has 3 aromatic rings. The highest BCUT2D eigenvalue weighted by atomic mass is 19.4. The summed E-state index contributed by atoms with van der Waals surface area (Å²) in [5.41, 5.74) is 1.12. The van der Waals surface area contributed by atoms with Gasteiger partial charge in [0.2, 0.25) is 11.7 Å². The van der Waals surface area contributed by atoms with Crippen molar-refractivity contribution in [1.29, 1.82) is 0 Å². The van der Waals surface area contributed by atoms with Gasteiger partial charge in [-0.05, 0) is 63.6 Å². The molecule has 2 aromatic heterocycles. The minimum atomic E-state index is -4.74. The molecule has 7 nitrogen and oxygen atoms in total. The Kier molecular flexibility index (Phi) is 7.15. The fraction of sp³-hybridized carbons (Fsp3) is 0.417. The molecule has 11 heteroatoms. The Balaban J connectivity index is 1.56. The zero-order valence-corrected chi connectivity index (χ0v) is 19.3. The van der Waals surface area contributed by atoms with Crippen molar-refractivity contribution in [3.63, 3.8) is 0 Å². The first-order chi connectivity index (χ1) is 16.6. The van der Waals surface area contributed by atoms with Crippen LogP contribution in [0, 0.1) is 11.7 Å². The summed E-state index contributed by atoms with van der Waals surface area (Å²) >= 11 is 0. The lowest BCUT2D eigenvalue weighted by Crippen LogP contribution is -2.47. The molecule has 0 N–H and O–H groups in total. The number of pyridine rings is 1. The van der Waals surface area contributed by atoms with Crippen molar-refractivity contribution in [3.8, 4) is 11.4 Å². The molecule has 0 spiro atoms. The summed E-state index contributed by atoms with van der Waals surface area (Å²) in [5, 5.41) is 3.35. The number of hydrogen-bond acceptors (Lipinski definition) is 6. The molecule has 0 aliphatic carbocycles. The Hall–Kier alpha value is -3.34. The van der Waals surface area contributed by atoms with Crippen LogP contribution in [0.2, 0.25) is 0 Å². The molecule has 1 amide bonds. The maximum absolute atomic E-state index is 14.0. The van der Waals surface area contributed by atoms with Crippen LogP contribution in [0.3, 0.4) is 0 Å². The second kappa shape index (κ2) is 10.1. The predicted molar refractivity (Wildman–Crippen MR) is 120 cm³/mol. The van der Waals surface area contributed by atoms with Gasteiger partial charge in [-0.2, -0.15) is 18.2 Å². The van der Waals surface area contributed by atoms with E-state index in [0.717, 1.165) is 19.4 Å². The second-order valence-corrected chi connectivity index (χ2v) is 8.79. The smallest absolute Gasteiger partial charge is 0.329 e. The van der Waals surface area contributed by atoms with E-state index in [4.69, 9.17) is 0 Å². The molecule has 1 unspecified atom stereocenters. The van der Waals surface area contributed by atoms with E-state index in [-0.39, 0.29) is 29.8 Å². The van der Waals surface area contributed by atoms with Crippen LogP contribution in [0.1, 0.15) is 38.3 Å². The second-order valence-electron chi connectivity index (χ2n) is 8.79. The maximum Gasteiger partial charge on any atom is 0.471 e. The van der Waals surface area contributed by atoms with E-state index in [1.165, 1.54) is 35.4 Å². The van der Waals surface area contributed by atoms with Gasteiger partial charge in [-0.1, -0.05) is 11.2 Å². The molecule has 0 radical (unpaired) electrons. The van der Waals surface area contributed by atoms with E-state index in [9.17, 15) is 22.4 Å². The SMILES string of the molecule is CC(C)N1CCCC(C(=O)N(Cc2ccc(-c3noc(C(F)(F)F)n3)cn2)c2cccc(F)c2)C1. The molecule has 1 saturated heterocycles. The highest BCUT2D eigenvalue weighted by molar-refractivity contribution is 5.95. The Morgan fingerprint density at radius 2 is 2.06 bits per heavy atom. The number of rotatable bonds is 6. The van der Waals surface area contributed by atoms with Crippen molar-refractivity contribution in [3.05, 3.63) is 60.0 Å². The number of carbonyl (C=O) groups is 1. The van der Waals surface area contributed by atoms with Gasteiger partial charge in [0.15, 0.2) is 0 Å². The zero-order valence-electron chi connectivity index (χ0n) is 19.3. The summed E-state index contributed by atoms with van der Waals surface area (Å²) in [5.74, 6) is -2.52. The average molecular weight is 491 g/mol. The van der Waals surface area contributed by atoms with Gasteiger partial charge in [-0.3, -0.25) is 9.78 Å². The molecule has 4 rings (SSSR count). The summed E-state index contributed by atoms with van der Waals surface area (Å²) in [6, 6.07) is 9.19. The lowest BCUT2D eigenvalue weighted by molar-refractivity contribution is -0.159. The van der Waals surface area contributed by atoms with E-state index in [0.29, 0.717) is 24.0 Å². The largest absolute Gasteiger partial charge is 0.471 e. The Morgan fingerprint density at radius 1 is 1.26 bits per heavy atom. The topological polar surface area (TPSA) is 75.4 Å². The van der Waals surface area contributed by atoms with E-state index in [2.05, 4.69) is 38.4 Å². The van der Waals surface area contributed by atoms with Gasteiger partial charge in [-0.15, -0.1) is 0 Å². The van der Waals surface area contributed by atoms with Crippen molar-refractivity contribution in [2.75, 3.05) is 18.0 Å². The first-order valence-corrected chi connectivity index (χ1v) is 11.3. The summed E-state index contributed by atoms with van der Waals surface area (Å²) in [6.07, 6.45) is -1.80. The molecule has 1 aliphatic heterocycles. The van der Waals surface area contributed by atoms with E-state index in [1.807, 2.05) is 0 Å². The van der Waals surface area contributed by atoms with Crippen LogP contribution in [-0.4, -0.2) is 45.1 Å². The number of hydrogen-bond donors (Lipinski definition) is 0. The molecule has 1 aromatic carbocycles. The Morgan fingerprint density at radius 3 is 2.69 bits per heavy atom. The number of halogens is 4. The summed E-state index contributed by atoms with van der Waals surface area (Å²) in [4.78, 5) is 25.0. The fourth-order valence-electron chi connectivity index (χ4n) is 4.11. The molecule has 1 fully saturated rings. The van der Waals surface area contributed by atoms with Gasteiger partial charge < -0.3 is 14.3 Å². The predicted octanol–water partition coefficient (Wildman–Crippen LogP) is 4.94. The van der Waals surface area contributed by atoms with Gasteiger partial charge in [0.1, 0.15) is 5.82 Å². The molecular weight excluding hydrogens is 466 g/mol. The van der Waals surface area contributed by atoms with Crippen molar-refractivity contribution >= 4 is 11.6 Å². The number of likely N-dealkylation sites (tertiary alicyclic amines) is 1. The third-order valence-electron chi connectivity index (χ3n) is 5.99. The van der Waals surface area contributed by atoms with Crippen LogP contribution in [0.25, 0.3) is 11.4 Å². The number of nitrogens with zero attached hydrogens (tertiary/aromatic N) is 5.